The van der Waals surface area contributed by atoms with Gasteiger partial charge in [-0.15, -0.1) is 23.5 Å². The Morgan fingerprint density at radius 1 is 1.53 bits per heavy atom. The van der Waals surface area contributed by atoms with Crippen LogP contribution in [0.3, 0.4) is 0 Å². The minimum atomic E-state index is -0.714. The number of carbonyl (C=O) groups excluding carboxylic acids is 1. The molecule has 0 aromatic heterocycles. The molecule has 0 spiro atoms. The Balaban J connectivity index is 2.42. The van der Waals surface area contributed by atoms with Crippen molar-refractivity contribution in [1.82, 2.24) is 0 Å². The van der Waals surface area contributed by atoms with Gasteiger partial charge >= 0.3 is 5.97 Å². The average molecular weight is 295 g/mol. The molecule has 1 aliphatic rings. The number of esters is 1. The lowest BCUT2D eigenvalue weighted by Gasteiger charge is -2.25. The summed E-state index contributed by atoms with van der Waals surface area (Å²) in [6, 6.07) is 8.02. The first-order chi connectivity index (χ1) is 9.11. The van der Waals surface area contributed by atoms with Crippen molar-refractivity contribution in [1.29, 1.82) is 0 Å². The van der Waals surface area contributed by atoms with E-state index in [9.17, 15) is 4.79 Å². The van der Waals surface area contributed by atoms with Gasteiger partial charge in [0.05, 0.1) is 12.3 Å². The van der Waals surface area contributed by atoms with E-state index in [1.807, 2.05) is 38.3 Å². The topological polar surface area (TPSA) is 38.7 Å². The molecule has 0 amide bonds. The Morgan fingerprint density at radius 3 is 2.95 bits per heavy atom. The standard InChI is InChI=1S/C14H17NO2S2/c1-4-17-13(16)14(2)12(18-3)15-11-8-6-5-7-10(11)9-19-14/h5-8H,4,9H2,1-3H3. The van der Waals surface area contributed by atoms with Crippen LogP contribution >= 0.6 is 23.5 Å². The van der Waals surface area contributed by atoms with Crippen LogP contribution < -0.4 is 0 Å². The van der Waals surface area contributed by atoms with E-state index in [0.717, 1.165) is 22.0 Å². The second-order valence-electron chi connectivity index (χ2n) is 4.29. The molecule has 1 unspecified atom stereocenters. The van der Waals surface area contributed by atoms with Crippen LogP contribution in [0.4, 0.5) is 5.69 Å². The average Bonchev–Trinajstić information content (AvgIpc) is 2.57. The Bertz CT molecular complexity index is 516. The molecule has 102 valence electrons. The predicted molar refractivity (Wildman–Crippen MR) is 83.4 cm³/mol. The first kappa shape index (κ1) is 14.5. The number of thioether (sulfide) groups is 2. The highest BCUT2D eigenvalue weighted by Gasteiger charge is 2.42. The van der Waals surface area contributed by atoms with Crippen LogP contribution in [-0.4, -0.2) is 28.6 Å². The molecular weight excluding hydrogens is 278 g/mol. The van der Waals surface area contributed by atoms with Gasteiger partial charge in [0, 0.05) is 5.75 Å². The molecule has 1 aliphatic heterocycles. The maximum Gasteiger partial charge on any atom is 0.328 e. The quantitative estimate of drug-likeness (QED) is 0.781. The van der Waals surface area contributed by atoms with Gasteiger partial charge in [-0.3, -0.25) is 4.79 Å². The Labute approximate surface area is 122 Å². The number of rotatable bonds is 2. The van der Waals surface area contributed by atoms with E-state index in [4.69, 9.17) is 4.74 Å². The van der Waals surface area contributed by atoms with Gasteiger partial charge in [-0.25, -0.2) is 4.99 Å². The molecule has 2 rings (SSSR count). The molecule has 3 nitrogen and oxygen atoms in total. The highest BCUT2D eigenvalue weighted by atomic mass is 32.2. The normalized spacial score (nSPS) is 22.2. The van der Waals surface area contributed by atoms with Crippen LogP contribution in [0.5, 0.6) is 0 Å². The van der Waals surface area contributed by atoms with Gasteiger partial charge in [0.25, 0.3) is 0 Å². The highest BCUT2D eigenvalue weighted by Crippen LogP contribution is 2.41. The van der Waals surface area contributed by atoms with Crippen LogP contribution in [0.25, 0.3) is 0 Å². The number of carbonyl (C=O) groups is 1. The van der Waals surface area contributed by atoms with Crippen LogP contribution in [0.15, 0.2) is 29.3 Å². The van der Waals surface area contributed by atoms with Crippen LogP contribution in [0, 0.1) is 0 Å². The summed E-state index contributed by atoms with van der Waals surface area (Å²) in [6.07, 6.45) is 1.95. The Kier molecular flexibility index (Phi) is 4.58. The van der Waals surface area contributed by atoms with Crippen LogP contribution in [0.1, 0.15) is 19.4 Å². The van der Waals surface area contributed by atoms with Crippen molar-refractivity contribution >= 4 is 40.2 Å². The lowest BCUT2D eigenvalue weighted by molar-refractivity contribution is -0.143. The van der Waals surface area contributed by atoms with E-state index in [1.165, 1.54) is 11.8 Å². The van der Waals surface area contributed by atoms with E-state index in [0.29, 0.717) is 6.61 Å². The highest BCUT2D eigenvalue weighted by molar-refractivity contribution is 8.16. The molecule has 0 fully saturated rings. The molecule has 1 aromatic carbocycles. The van der Waals surface area contributed by atoms with E-state index in [-0.39, 0.29) is 5.97 Å². The van der Waals surface area contributed by atoms with Gasteiger partial charge in [0.1, 0.15) is 5.04 Å². The van der Waals surface area contributed by atoms with E-state index >= 15 is 0 Å². The number of nitrogens with zero attached hydrogens (tertiary/aromatic N) is 1. The van der Waals surface area contributed by atoms with Crippen molar-refractivity contribution in [2.75, 3.05) is 12.9 Å². The van der Waals surface area contributed by atoms with Crippen molar-refractivity contribution < 1.29 is 9.53 Å². The number of para-hydroxylation sites is 1. The Hall–Kier alpha value is -0.940. The molecule has 1 heterocycles. The zero-order valence-electron chi connectivity index (χ0n) is 11.3. The summed E-state index contributed by atoms with van der Waals surface area (Å²) in [4.78, 5) is 16.9. The maximum absolute atomic E-state index is 12.3. The smallest absolute Gasteiger partial charge is 0.328 e. The summed E-state index contributed by atoms with van der Waals surface area (Å²) < 4.78 is 4.50. The van der Waals surface area contributed by atoms with E-state index in [1.54, 1.807) is 11.8 Å². The monoisotopic (exact) mass is 295 g/mol. The second kappa shape index (κ2) is 6.01. The summed E-state index contributed by atoms with van der Waals surface area (Å²) in [5, 5.41) is 0.806. The number of benzene rings is 1. The number of hydrogen-bond donors (Lipinski definition) is 0. The molecular formula is C14H17NO2S2. The van der Waals surface area contributed by atoms with Gasteiger partial charge in [-0.2, -0.15) is 0 Å². The molecule has 1 atom stereocenters. The third-order valence-electron chi connectivity index (χ3n) is 3.00. The SMILES string of the molecule is CCOC(=O)C1(C)SCc2ccccc2N=C1SC. The van der Waals surface area contributed by atoms with Crippen molar-refractivity contribution in [3.8, 4) is 0 Å². The summed E-state index contributed by atoms with van der Waals surface area (Å²) in [7, 11) is 0. The number of ether oxygens (including phenoxy) is 1. The first-order valence-electron chi connectivity index (χ1n) is 6.14. The zero-order chi connectivity index (χ0) is 13.9. The van der Waals surface area contributed by atoms with Gasteiger partial charge in [0.15, 0.2) is 4.75 Å². The second-order valence-corrected chi connectivity index (χ2v) is 6.48. The third kappa shape index (κ3) is 2.82. The summed E-state index contributed by atoms with van der Waals surface area (Å²) >= 11 is 3.10. The minimum absolute atomic E-state index is 0.207. The zero-order valence-corrected chi connectivity index (χ0v) is 12.9. The summed E-state index contributed by atoms with van der Waals surface area (Å²) in [5.41, 5.74) is 2.11. The molecule has 1 aromatic rings. The van der Waals surface area contributed by atoms with Gasteiger partial charge in [-0.05, 0) is 31.7 Å². The van der Waals surface area contributed by atoms with Crippen LogP contribution in [-0.2, 0) is 15.3 Å². The molecule has 0 saturated heterocycles. The molecule has 0 aliphatic carbocycles. The fourth-order valence-corrected chi connectivity index (χ4v) is 4.02. The van der Waals surface area contributed by atoms with Gasteiger partial charge < -0.3 is 4.74 Å². The van der Waals surface area contributed by atoms with Crippen molar-refractivity contribution in [2.45, 2.75) is 24.3 Å². The first-order valence-corrected chi connectivity index (χ1v) is 8.35. The molecule has 0 N–H and O–H groups in total. The maximum atomic E-state index is 12.3. The molecule has 19 heavy (non-hydrogen) atoms. The van der Waals surface area contributed by atoms with Crippen molar-refractivity contribution in [2.24, 2.45) is 4.99 Å². The largest absolute Gasteiger partial charge is 0.465 e. The summed E-state index contributed by atoms with van der Waals surface area (Å²) in [6.45, 7) is 4.12. The van der Waals surface area contributed by atoms with Crippen molar-refractivity contribution in [3.63, 3.8) is 0 Å². The predicted octanol–water partition coefficient (Wildman–Crippen LogP) is 3.65. The lowest BCUT2D eigenvalue weighted by Crippen LogP contribution is -2.40. The van der Waals surface area contributed by atoms with Gasteiger partial charge in [-0.1, -0.05) is 18.2 Å². The fourth-order valence-electron chi connectivity index (χ4n) is 1.90. The van der Waals surface area contributed by atoms with E-state index in [2.05, 4.69) is 11.1 Å². The molecule has 0 radical (unpaired) electrons. The number of aliphatic imine (C=N–C) groups is 1. The third-order valence-corrected chi connectivity index (χ3v) is 5.40. The summed E-state index contributed by atoms with van der Waals surface area (Å²) in [5.74, 6) is 0.555. The molecule has 0 bridgehead atoms. The fraction of sp³-hybridized carbons (Fsp3) is 0.429. The van der Waals surface area contributed by atoms with Gasteiger partial charge in [0.2, 0.25) is 0 Å². The minimum Gasteiger partial charge on any atom is -0.465 e. The molecule has 0 saturated carbocycles. The molecule has 5 heteroatoms. The lowest BCUT2D eigenvalue weighted by atomic mass is 10.2. The van der Waals surface area contributed by atoms with E-state index < -0.39 is 4.75 Å². The number of hydrogen-bond acceptors (Lipinski definition) is 5. The van der Waals surface area contributed by atoms with Crippen LogP contribution in [0.2, 0.25) is 0 Å². The Morgan fingerprint density at radius 2 is 2.26 bits per heavy atom. The number of fused-ring (bicyclic) bond motifs is 1. The van der Waals surface area contributed by atoms with Crippen molar-refractivity contribution in [3.05, 3.63) is 29.8 Å².